The number of rotatable bonds is 2. The van der Waals surface area contributed by atoms with Crippen LogP contribution in [0.3, 0.4) is 0 Å². The summed E-state index contributed by atoms with van der Waals surface area (Å²) in [5.41, 5.74) is -0.133. The SMILES string of the molecule is CCn1ncc(OC)cc1=O. The van der Waals surface area contributed by atoms with Crippen molar-refractivity contribution < 1.29 is 4.74 Å². The van der Waals surface area contributed by atoms with Crippen LogP contribution in [0.5, 0.6) is 5.75 Å². The molecule has 0 radical (unpaired) electrons. The first kappa shape index (κ1) is 7.78. The lowest BCUT2D eigenvalue weighted by molar-refractivity contribution is 0.406. The summed E-state index contributed by atoms with van der Waals surface area (Å²) in [6.45, 7) is 2.45. The van der Waals surface area contributed by atoms with Gasteiger partial charge in [-0.15, -0.1) is 0 Å². The second kappa shape index (κ2) is 3.18. The van der Waals surface area contributed by atoms with Crippen LogP contribution in [0, 0.1) is 0 Å². The van der Waals surface area contributed by atoms with E-state index < -0.39 is 0 Å². The monoisotopic (exact) mass is 154 g/mol. The minimum Gasteiger partial charge on any atom is -0.495 e. The first-order valence-corrected chi connectivity index (χ1v) is 3.39. The van der Waals surface area contributed by atoms with E-state index in [1.165, 1.54) is 24.1 Å². The molecule has 1 heterocycles. The minimum absolute atomic E-state index is 0.133. The highest BCUT2D eigenvalue weighted by molar-refractivity contribution is 5.12. The standard InChI is InChI=1S/C7H10N2O2/c1-3-9-7(10)4-6(11-2)5-8-9/h4-5H,3H2,1-2H3. The van der Waals surface area contributed by atoms with Crippen LogP contribution in [0.25, 0.3) is 0 Å². The van der Waals surface area contributed by atoms with E-state index in [0.29, 0.717) is 12.3 Å². The molecule has 0 aliphatic heterocycles. The minimum atomic E-state index is -0.133. The highest BCUT2D eigenvalue weighted by Gasteiger charge is 1.95. The van der Waals surface area contributed by atoms with Crippen molar-refractivity contribution in [3.05, 3.63) is 22.6 Å². The molecule has 0 amide bonds. The molecule has 0 saturated carbocycles. The first-order valence-electron chi connectivity index (χ1n) is 3.39. The lowest BCUT2D eigenvalue weighted by Crippen LogP contribution is -2.20. The van der Waals surface area contributed by atoms with Gasteiger partial charge in [-0.25, -0.2) is 4.68 Å². The van der Waals surface area contributed by atoms with E-state index in [2.05, 4.69) is 5.10 Å². The Kier molecular flexibility index (Phi) is 2.25. The topological polar surface area (TPSA) is 44.1 Å². The molecule has 4 nitrogen and oxygen atoms in total. The van der Waals surface area contributed by atoms with Gasteiger partial charge in [0, 0.05) is 12.6 Å². The molecule has 11 heavy (non-hydrogen) atoms. The van der Waals surface area contributed by atoms with Crippen LogP contribution in [0.15, 0.2) is 17.1 Å². The molecule has 0 N–H and O–H groups in total. The maximum Gasteiger partial charge on any atom is 0.270 e. The van der Waals surface area contributed by atoms with E-state index in [4.69, 9.17) is 4.74 Å². The van der Waals surface area contributed by atoms with E-state index in [-0.39, 0.29) is 5.56 Å². The van der Waals surface area contributed by atoms with Crippen molar-refractivity contribution in [1.82, 2.24) is 9.78 Å². The Bertz CT molecular complexity index is 293. The van der Waals surface area contributed by atoms with Gasteiger partial charge in [0.15, 0.2) is 0 Å². The van der Waals surface area contributed by atoms with Crippen molar-refractivity contribution >= 4 is 0 Å². The number of methoxy groups -OCH3 is 1. The fourth-order valence-corrected chi connectivity index (χ4v) is 0.766. The van der Waals surface area contributed by atoms with Crippen LogP contribution < -0.4 is 10.3 Å². The molecular formula is C7H10N2O2. The highest BCUT2D eigenvalue weighted by atomic mass is 16.5. The van der Waals surface area contributed by atoms with Gasteiger partial charge in [0.05, 0.1) is 13.3 Å². The molecule has 4 heteroatoms. The molecule has 0 spiro atoms. The van der Waals surface area contributed by atoms with Gasteiger partial charge in [0.1, 0.15) is 5.75 Å². The van der Waals surface area contributed by atoms with E-state index in [0.717, 1.165) is 0 Å². The number of aryl methyl sites for hydroxylation is 1. The average Bonchev–Trinajstić information content (AvgIpc) is 2.04. The summed E-state index contributed by atoms with van der Waals surface area (Å²) in [4.78, 5) is 11.1. The van der Waals surface area contributed by atoms with Gasteiger partial charge in [-0.2, -0.15) is 5.10 Å². The normalized spacial score (nSPS) is 9.64. The molecule has 0 saturated heterocycles. The second-order valence-electron chi connectivity index (χ2n) is 2.05. The zero-order chi connectivity index (χ0) is 8.27. The zero-order valence-electron chi connectivity index (χ0n) is 6.57. The summed E-state index contributed by atoms with van der Waals surface area (Å²) in [6, 6.07) is 1.41. The number of hydrogen-bond acceptors (Lipinski definition) is 3. The molecule has 60 valence electrons. The van der Waals surface area contributed by atoms with Crippen molar-refractivity contribution in [2.24, 2.45) is 0 Å². The van der Waals surface area contributed by atoms with Crippen LogP contribution in [0.2, 0.25) is 0 Å². The molecule has 1 rings (SSSR count). The Morgan fingerprint density at radius 3 is 2.91 bits per heavy atom. The Balaban J connectivity index is 3.10. The van der Waals surface area contributed by atoms with Crippen molar-refractivity contribution in [3.63, 3.8) is 0 Å². The third-order valence-electron chi connectivity index (χ3n) is 1.38. The summed E-state index contributed by atoms with van der Waals surface area (Å²) < 4.78 is 6.18. The van der Waals surface area contributed by atoms with Gasteiger partial charge >= 0.3 is 0 Å². The maximum absolute atomic E-state index is 11.1. The molecule has 0 aromatic carbocycles. The van der Waals surface area contributed by atoms with Gasteiger partial charge in [0.2, 0.25) is 0 Å². The Morgan fingerprint density at radius 2 is 2.45 bits per heavy atom. The van der Waals surface area contributed by atoms with E-state index in [1.54, 1.807) is 0 Å². The lowest BCUT2D eigenvalue weighted by atomic mass is 10.5. The maximum atomic E-state index is 11.1. The van der Waals surface area contributed by atoms with Crippen LogP contribution >= 0.6 is 0 Å². The van der Waals surface area contributed by atoms with Crippen molar-refractivity contribution in [2.75, 3.05) is 7.11 Å². The lowest BCUT2D eigenvalue weighted by Gasteiger charge is -2.00. The predicted molar refractivity (Wildman–Crippen MR) is 40.7 cm³/mol. The number of ether oxygens (including phenoxy) is 1. The molecule has 0 atom stereocenters. The molecule has 1 aromatic rings. The Labute approximate surface area is 64.4 Å². The molecule has 0 aliphatic rings. The summed E-state index contributed by atoms with van der Waals surface area (Å²) >= 11 is 0. The van der Waals surface area contributed by atoms with Crippen LogP contribution in [-0.4, -0.2) is 16.9 Å². The highest BCUT2D eigenvalue weighted by Crippen LogP contribution is 2.00. The summed E-state index contributed by atoms with van der Waals surface area (Å²) in [5, 5.41) is 3.85. The van der Waals surface area contributed by atoms with Crippen LogP contribution in [-0.2, 0) is 6.54 Å². The fourth-order valence-electron chi connectivity index (χ4n) is 0.766. The Morgan fingerprint density at radius 1 is 1.73 bits per heavy atom. The Hall–Kier alpha value is -1.32. The molecule has 1 aromatic heterocycles. The second-order valence-corrected chi connectivity index (χ2v) is 2.05. The van der Waals surface area contributed by atoms with Gasteiger partial charge < -0.3 is 4.74 Å². The number of aromatic nitrogens is 2. The smallest absolute Gasteiger partial charge is 0.270 e. The molecule has 0 unspecified atom stereocenters. The molecule has 0 bridgehead atoms. The van der Waals surface area contributed by atoms with Crippen molar-refractivity contribution in [1.29, 1.82) is 0 Å². The first-order chi connectivity index (χ1) is 5.27. The molecule has 0 aliphatic carbocycles. The fraction of sp³-hybridized carbons (Fsp3) is 0.429. The summed E-state index contributed by atoms with van der Waals surface area (Å²) in [5.74, 6) is 0.500. The molecule has 0 fully saturated rings. The van der Waals surface area contributed by atoms with Gasteiger partial charge in [-0.3, -0.25) is 4.79 Å². The third-order valence-corrected chi connectivity index (χ3v) is 1.38. The quantitative estimate of drug-likeness (QED) is 0.614. The van der Waals surface area contributed by atoms with Gasteiger partial charge in [-0.1, -0.05) is 0 Å². The number of hydrogen-bond donors (Lipinski definition) is 0. The summed E-state index contributed by atoms with van der Waals surface area (Å²) in [7, 11) is 1.51. The van der Waals surface area contributed by atoms with Gasteiger partial charge in [0.25, 0.3) is 5.56 Å². The van der Waals surface area contributed by atoms with Crippen molar-refractivity contribution in [3.8, 4) is 5.75 Å². The molecular weight excluding hydrogens is 144 g/mol. The van der Waals surface area contributed by atoms with Gasteiger partial charge in [-0.05, 0) is 6.92 Å². The summed E-state index contributed by atoms with van der Waals surface area (Å²) in [6.07, 6.45) is 1.52. The van der Waals surface area contributed by atoms with E-state index in [9.17, 15) is 4.79 Å². The number of nitrogens with zero attached hydrogens (tertiary/aromatic N) is 2. The van der Waals surface area contributed by atoms with Crippen LogP contribution in [0.4, 0.5) is 0 Å². The zero-order valence-corrected chi connectivity index (χ0v) is 6.57. The van der Waals surface area contributed by atoms with Crippen LogP contribution in [0.1, 0.15) is 6.92 Å². The predicted octanol–water partition coefficient (Wildman–Crippen LogP) is 0.272. The average molecular weight is 154 g/mol. The third kappa shape index (κ3) is 1.58. The van der Waals surface area contributed by atoms with E-state index >= 15 is 0 Å². The largest absolute Gasteiger partial charge is 0.495 e. The van der Waals surface area contributed by atoms with E-state index in [1.807, 2.05) is 6.92 Å². The van der Waals surface area contributed by atoms with Crippen molar-refractivity contribution in [2.45, 2.75) is 13.5 Å².